The Kier molecular flexibility index (Phi) is 2.75. The first kappa shape index (κ1) is 11.8. The fourth-order valence-electron chi connectivity index (χ4n) is 2.36. The van der Waals surface area contributed by atoms with Crippen LogP contribution in [0, 0.1) is 18.3 Å². The molecule has 0 aliphatic heterocycles. The molecule has 94 valence electrons. The normalized spacial score (nSPS) is 16.4. The molecule has 0 aromatic carbocycles. The zero-order chi connectivity index (χ0) is 13.3. The molecule has 1 fully saturated rings. The fourth-order valence-corrected chi connectivity index (χ4v) is 2.36. The van der Waals surface area contributed by atoms with Gasteiger partial charge in [-0.3, -0.25) is 4.98 Å². The molecule has 1 aliphatic carbocycles. The molecule has 4 heteroatoms. The Balaban J connectivity index is 2.09. The predicted molar refractivity (Wildman–Crippen MR) is 71.1 cm³/mol. The summed E-state index contributed by atoms with van der Waals surface area (Å²) in [5, 5.41) is 9.40. The van der Waals surface area contributed by atoms with Crippen LogP contribution in [0.2, 0.25) is 0 Å². The van der Waals surface area contributed by atoms with Gasteiger partial charge in [-0.15, -0.1) is 0 Å². The molecule has 0 radical (unpaired) electrons. The predicted octanol–water partition coefficient (Wildman–Crippen LogP) is 2.79. The van der Waals surface area contributed by atoms with Crippen LogP contribution in [0.1, 0.15) is 30.8 Å². The molecule has 0 unspecified atom stereocenters. The summed E-state index contributed by atoms with van der Waals surface area (Å²) in [6.07, 6.45) is 6.32. The van der Waals surface area contributed by atoms with Crippen molar-refractivity contribution in [2.45, 2.75) is 31.6 Å². The number of nitrogens with zero attached hydrogens (tertiary/aromatic N) is 4. The summed E-state index contributed by atoms with van der Waals surface area (Å²) in [5.41, 5.74) is 2.23. The second-order valence-corrected chi connectivity index (χ2v) is 5.01. The van der Waals surface area contributed by atoms with Gasteiger partial charge in [0.1, 0.15) is 11.2 Å². The number of nitriles is 1. The molecule has 2 aromatic rings. The van der Waals surface area contributed by atoms with Gasteiger partial charge in [0.25, 0.3) is 0 Å². The van der Waals surface area contributed by atoms with Crippen molar-refractivity contribution in [2.75, 3.05) is 0 Å². The first-order valence-corrected chi connectivity index (χ1v) is 6.41. The number of aromatic nitrogens is 3. The van der Waals surface area contributed by atoms with Gasteiger partial charge in [-0.2, -0.15) is 5.26 Å². The Morgan fingerprint density at radius 1 is 1.32 bits per heavy atom. The molecule has 19 heavy (non-hydrogen) atoms. The number of hydrogen-bond donors (Lipinski definition) is 0. The van der Waals surface area contributed by atoms with Crippen molar-refractivity contribution < 1.29 is 0 Å². The summed E-state index contributed by atoms with van der Waals surface area (Å²) in [6.45, 7) is 1.94. The highest BCUT2D eigenvalue weighted by Crippen LogP contribution is 2.41. The minimum absolute atomic E-state index is 0.469. The zero-order valence-electron chi connectivity index (χ0n) is 10.8. The molecule has 0 atom stereocenters. The molecule has 2 heterocycles. The highest BCUT2D eigenvalue weighted by molar-refractivity contribution is 5.58. The Hall–Kier alpha value is -2.28. The Labute approximate surface area is 112 Å². The van der Waals surface area contributed by atoms with E-state index in [1.54, 1.807) is 12.4 Å². The van der Waals surface area contributed by atoms with E-state index in [1.807, 2.05) is 25.1 Å². The summed E-state index contributed by atoms with van der Waals surface area (Å²) < 4.78 is 0. The van der Waals surface area contributed by atoms with Crippen molar-refractivity contribution in [2.24, 2.45) is 0 Å². The van der Waals surface area contributed by atoms with Crippen molar-refractivity contribution in [3.05, 3.63) is 42.1 Å². The first-order chi connectivity index (χ1) is 9.23. The maximum absolute atomic E-state index is 9.40. The van der Waals surface area contributed by atoms with E-state index in [-0.39, 0.29) is 0 Å². The fraction of sp³-hybridized carbons (Fsp3) is 0.333. The molecule has 0 amide bonds. The summed E-state index contributed by atoms with van der Waals surface area (Å²) in [7, 11) is 0. The van der Waals surface area contributed by atoms with Crippen LogP contribution in [0.4, 0.5) is 0 Å². The zero-order valence-corrected chi connectivity index (χ0v) is 10.8. The van der Waals surface area contributed by atoms with Gasteiger partial charge in [0.2, 0.25) is 0 Å². The minimum Gasteiger partial charge on any atom is -0.264 e. The van der Waals surface area contributed by atoms with Gasteiger partial charge >= 0.3 is 0 Å². The standard InChI is InChI=1S/C15H14N4/c1-11-8-13(12-4-2-7-17-9-12)19-14(18-11)15(10-16)5-3-6-15/h2,4,7-9H,3,5-6H2,1H3. The van der Waals surface area contributed by atoms with Gasteiger partial charge in [0, 0.05) is 23.7 Å². The van der Waals surface area contributed by atoms with E-state index in [2.05, 4.69) is 21.0 Å². The van der Waals surface area contributed by atoms with Crippen molar-refractivity contribution in [3.63, 3.8) is 0 Å². The van der Waals surface area contributed by atoms with Gasteiger partial charge < -0.3 is 0 Å². The quantitative estimate of drug-likeness (QED) is 0.822. The number of aryl methyl sites for hydroxylation is 1. The van der Waals surface area contributed by atoms with Crippen molar-refractivity contribution in [1.29, 1.82) is 5.26 Å². The summed E-state index contributed by atoms with van der Waals surface area (Å²) in [6, 6.07) is 8.19. The average molecular weight is 250 g/mol. The molecular formula is C15H14N4. The highest BCUT2D eigenvalue weighted by atomic mass is 14.9. The second-order valence-electron chi connectivity index (χ2n) is 5.01. The first-order valence-electron chi connectivity index (χ1n) is 6.41. The van der Waals surface area contributed by atoms with E-state index in [0.717, 1.165) is 36.2 Å². The molecule has 0 spiro atoms. The molecule has 3 rings (SSSR count). The summed E-state index contributed by atoms with van der Waals surface area (Å²) in [4.78, 5) is 13.2. The monoisotopic (exact) mass is 250 g/mol. The van der Waals surface area contributed by atoms with Crippen LogP contribution in [0.3, 0.4) is 0 Å². The van der Waals surface area contributed by atoms with Gasteiger partial charge in [0.05, 0.1) is 11.8 Å². The maximum Gasteiger partial charge on any atom is 0.149 e. The van der Waals surface area contributed by atoms with Crippen molar-refractivity contribution in [1.82, 2.24) is 15.0 Å². The molecule has 0 bridgehead atoms. The van der Waals surface area contributed by atoms with Crippen LogP contribution in [-0.4, -0.2) is 15.0 Å². The Morgan fingerprint density at radius 2 is 2.16 bits per heavy atom. The van der Waals surface area contributed by atoms with Crippen molar-refractivity contribution >= 4 is 0 Å². The maximum atomic E-state index is 9.40. The lowest BCUT2D eigenvalue weighted by atomic mass is 9.69. The van der Waals surface area contributed by atoms with Gasteiger partial charge in [-0.1, -0.05) is 0 Å². The van der Waals surface area contributed by atoms with E-state index in [1.165, 1.54) is 0 Å². The smallest absolute Gasteiger partial charge is 0.149 e. The molecule has 0 N–H and O–H groups in total. The van der Waals surface area contributed by atoms with Crippen LogP contribution in [0.25, 0.3) is 11.3 Å². The van der Waals surface area contributed by atoms with Crippen LogP contribution < -0.4 is 0 Å². The Morgan fingerprint density at radius 3 is 2.74 bits per heavy atom. The van der Waals surface area contributed by atoms with E-state index in [4.69, 9.17) is 0 Å². The van der Waals surface area contributed by atoms with Gasteiger partial charge in [0.15, 0.2) is 0 Å². The van der Waals surface area contributed by atoms with E-state index in [0.29, 0.717) is 5.82 Å². The number of pyridine rings is 1. The molecule has 1 aliphatic rings. The molecule has 0 saturated heterocycles. The van der Waals surface area contributed by atoms with Crippen LogP contribution in [0.5, 0.6) is 0 Å². The van der Waals surface area contributed by atoms with E-state index in [9.17, 15) is 5.26 Å². The molecule has 2 aromatic heterocycles. The minimum atomic E-state index is -0.469. The number of hydrogen-bond acceptors (Lipinski definition) is 4. The SMILES string of the molecule is Cc1cc(-c2cccnc2)nc(C2(C#N)CCC2)n1. The lowest BCUT2D eigenvalue weighted by Gasteiger charge is -2.33. The van der Waals surface area contributed by atoms with Gasteiger partial charge in [-0.05, 0) is 44.4 Å². The lowest BCUT2D eigenvalue weighted by Crippen LogP contribution is -2.34. The van der Waals surface area contributed by atoms with Crippen LogP contribution in [-0.2, 0) is 5.41 Å². The molecule has 1 saturated carbocycles. The summed E-state index contributed by atoms with van der Waals surface area (Å²) >= 11 is 0. The van der Waals surface area contributed by atoms with Crippen molar-refractivity contribution in [3.8, 4) is 17.3 Å². The molecule has 4 nitrogen and oxygen atoms in total. The third kappa shape index (κ3) is 1.97. The largest absolute Gasteiger partial charge is 0.264 e. The van der Waals surface area contributed by atoms with Crippen LogP contribution in [0.15, 0.2) is 30.6 Å². The third-order valence-corrected chi connectivity index (χ3v) is 3.66. The topological polar surface area (TPSA) is 62.5 Å². The van der Waals surface area contributed by atoms with Gasteiger partial charge in [-0.25, -0.2) is 9.97 Å². The number of rotatable bonds is 2. The summed E-state index contributed by atoms with van der Waals surface area (Å²) in [5.74, 6) is 0.667. The average Bonchev–Trinajstić information content (AvgIpc) is 2.39. The second kappa shape index (κ2) is 4.43. The molecular weight excluding hydrogens is 236 g/mol. The third-order valence-electron chi connectivity index (χ3n) is 3.66. The van der Waals surface area contributed by atoms with Crippen LogP contribution >= 0.6 is 0 Å². The van der Waals surface area contributed by atoms with E-state index >= 15 is 0 Å². The Bertz CT molecular complexity index is 639. The van der Waals surface area contributed by atoms with E-state index < -0.39 is 5.41 Å². The lowest BCUT2D eigenvalue weighted by molar-refractivity contribution is 0.307. The highest BCUT2D eigenvalue weighted by Gasteiger charge is 2.42.